The first-order chi connectivity index (χ1) is 16.6. The number of hydrogen-bond acceptors (Lipinski definition) is 7. The first kappa shape index (κ1) is 23.5. The molecule has 35 heavy (non-hydrogen) atoms. The lowest BCUT2D eigenvalue weighted by atomic mass is 9.50. The Labute approximate surface area is 197 Å². The molecule has 3 heterocycles. The van der Waals surface area contributed by atoms with Crippen molar-refractivity contribution < 1.29 is 37.0 Å². The largest absolute Gasteiger partial charge is 0.467 e. The molecule has 0 unspecified atom stereocenters. The Morgan fingerprint density at radius 2 is 2.09 bits per heavy atom. The highest BCUT2D eigenvalue weighted by molar-refractivity contribution is 6.02. The number of alkyl halides is 3. The van der Waals surface area contributed by atoms with Gasteiger partial charge in [0.15, 0.2) is 12.4 Å². The maximum absolute atomic E-state index is 12.7. The Morgan fingerprint density at radius 3 is 2.74 bits per heavy atom. The molecule has 3 N–H and O–H groups in total. The van der Waals surface area contributed by atoms with Crippen LogP contribution in [0.5, 0.6) is 5.88 Å². The lowest BCUT2D eigenvalue weighted by Gasteiger charge is -2.61. The van der Waals surface area contributed by atoms with E-state index in [0.717, 1.165) is 31.2 Å². The van der Waals surface area contributed by atoms with Gasteiger partial charge in [0.25, 0.3) is 5.91 Å². The lowest BCUT2D eigenvalue weighted by Crippen LogP contribution is -2.68. The molecule has 0 aromatic carbocycles. The van der Waals surface area contributed by atoms with Crippen LogP contribution in [-0.2, 0) is 16.0 Å². The van der Waals surface area contributed by atoms with Crippen LogP contribution < -0.4 is 15.4 Å². The molecule has 2 amide bonds. The minimum absolute atomic E-state index is 0.0227. The number of halogens is 3. The molecule has 2 bridgehead atoms. The standard InChI is InChI=1S/C21H25F3N6O5/c1-2-30-14(5-17(29-30)34-10-21(22,23)24)18(31)25-16-4-13(27-28-16)15-3-12(9-33-15)35-19(32)26-20-6-11(7-20)8-20/h4-5,11-12,15H,2-3,6-10H2,1H3,(H,26,32)(H2,25,27,28,31)/t11?,12-,15-,20?/m1/s1. The number of alkyl carbamates (subject to hydrolysis) is 1. The van der Waals surface area contributed by atoms with Crippen molar-refractivity contribution in [3.05, 3.63) is 23.5 Å². The summed E-state index contributed by atoms with van der Waals surface area (Å²) in [5, 5.41) is 16.2. The number of carbonyl (C=O) groups is 2. The summed E-state index contributed by atoms with van der Waals surface area (Å²) in [6.07, 6.45) is -2.24. The van der Waals surface area contributed by atoms with E-state index in [4.69, 9.17) is 9.47 Å². The first-order valence-corrected chi connectivity index (χ1v) is 11.4. The quantitative estimate of drug-likeness (QED) is 0.510. The summed E-state index contributed by atoms with van der Waals surface area (Å²) in [6.45, 7) is 0.670. The molecule has 2 atom stereocenters. The summed E-state index contributed by atoms with van der Waals surface area (Å²) in [5.74, 6) is 0.0244. The van der Waals surface area contributed by atoms with Crippen molar-refractivity contribution in [2.45, 2.75) is 63.1 Å². The van der Waals surface area contributed by atoms with E-state index in [9.17, 15) is 22.8 Å². The number of ether oxygens (including phenoxy) is 3. The van der Waals surface area contributed by atoms with Gasteiger partial charge in [-0.1, -0.05) is 0 Å². The highest BCUT2D eigenvalue weighted by Crippen LogP contribution is 2.56. The van der Waals surface area contributed by atoms with Crippen molar-refractivity contribution >= 4 is 17.8 Å². The van der Waals surface area contributed by atoms with E-state index in [-0.39, 0.29) is 36.1 Å². The first-order valence-electron chi connectivity index (χ1n) is 11.4. The Morgan fingerprint density at radius 1 is 1.31 bits per heavy atom. The van der Waals surface area contributed by atoms with Crippen LogP contribution in [0, 0.1) is 5.92 Å². The van der Waals surface area contributed by atoms with Gasteiger partial charge >= 0.3 is 12.3 Å². The molecule has 2 aromatic heterocycles. The fourth-order valence-electron chi connectivity index (χ4n) is 4.72. The van der Waals surface area contributed by atoms with Gasteiger partial charge in [0.05, 0.1) is 12.3 Å². The van der Waals surface area contributed by atoms with Crippen molar-refractivity contribution in [3.63, 3.8) is 0 Å². The van der Waals surface area contributed by atoms with Gasteiger partial charge in [-0.05, 0) is 32.1 Å². The highest BCUT2D eigenvalue weighted by atomic mass is 19.4. The fraction of sp³-hybridized carbons (Fsp3) is 0.619. The smallest absolute Gasteiger partial charge is 0.422 e. The number of nitrogens with zero attached hydrogens (tertiary/aromatic N) is 3. The van der Waals surface area contributed by atoms with Gasteiger partial charge in [-0.2, -0.15) is 18.3 Å². The summed E-state index contributed by atoms with van der Waals surface area (Å²) in [6, 6.07) is 2.72. The molecule has 0 spiro atoms. The summed E-state index contributed by atoms with van der Waals surface area (Å²) in [7, 11) is 0. The molecule has 1 aliphatic heterocycles. The predicted octanol–water partition coefficient (Wildman–Crippen LogP) is 2.93. The number of aromatic nitrogens is 4. The molecule has 2 aromatic rings. The van der Waals surface area contributed by atoms with Crippen LogP contribution >= 0.6 is 0 Å². The Kier molecular flexibility index (Phi) is 5.85. The van der Waals surface area contributed by atoms with E-state index < -0.39 is 37.0 Å². The van der Waals surface area contributed by atoms with Gasteiger partial charge in [-0.3, -0.25) is 14.6 Å². The van der Waals surface area contributed by atoms with Crippen molar-refractivity contribution in [2.24, 2.45) is 5.92 Å². The van der Waals surface area contributed by atoms with Crippen molar-refractivity contribution in [1.82, 2.24) is 25.3 Å². The molecular weight excluding hydrogens is 473 g/mol. The molecule has 11 nitrogen and oxygen atoms in total. The monoisotopic (exact) mass is 498 g/mol. The van der Waals surface area contributed by atoms with E-state index >= 15 is 0 Å². The third-order valence-corrected chi connectivity index (χ3v) is 6.50. The topological polar surface area (TPSA) is 132 Å². The minimum Gasteiger partial charge on any atom is -0.467 e. The van der Waals surface area contributed by atoms with Gasteiger partial charge < -0.3 is 24.8 Å². The number of hydrogen-bond donors (Lipinski definition) is 3. The number of carbonyl (C=O) groups excluding carboxylic acids is 2. The molecule has 190 valence electrons. The molecule has 3 aliphatic carbocycles. The molecule has 4 aliphatic rings. The highest BCUT2D eigenvalue weighted by Gasteiger charge is 2.57. The number of amides is 2. The molecule has 1 saturated heterocycles. The number of anilines is 1. The molecule has 14 heteroatoms. The van der Waals surface area contributed by atoms with E-state index in [1.54, 1.807) is 13.0 Å². The van der Waals surface area contributed by atoms with Crippen molar-refractivity contribution in [1.29, 1.82) is 0 Å². The third kappa shape index (κ3) is 5.06. The molecule has 3 saturated carbocycles. The van der Waals surface area contributed by atoms with Crippen LogP contribution in [0.2, 0.25) is 0 Å². The zero-order valence-corrected chi connectivity index (χ0v) is 18.9. The summed E-state index contributed by atoms with van der Waals surface area (Å²) in [5.41, 5.74) is 0.550. The summed E-state index contributed by atoms with van der Waals surface area (Å²) in [4.78, 5) is 24.8. The van der Waals surface area contributed by atoms with Crippen LogP contribution in [0.4, 0.5) is 23.8 Å². The van der Waals surface area contributed by atoms with Crippen LogP contribution in [0.25, 0.3) is 0 Å². The lowest BCUT2D eigenvalue weighted by molar-refractivity contribution is -0.154. The van der Waals surface area contributed by atoms with E-state index in [1.807, 2.05) is 0 Å². The average Bonchev–Trinajstić information content (AvgIpc) is 3.47. The molecule has 0 radical (unpaired) electrons. The number of aryl methyl sites for hydroxylation is 1. The van der Waals surface area contributed by atoms with Gasteiger partial charge in [0, 0.05) is 30.6 Å². The van der Waals surface area contributed by atoms with E-state index in [0.29, 0.717) is 12.1 Å². The Balaban J connectivity index is 1.14. The van der Waals surface area contributed by atoms with Crippen LogP contribution in [0.1, 0.15) is 54.9 Å². The minimum atomic E-state index is -4.52. The summed E-state index contributed by atoms with van der Waals surface area (Å²) >= 11 is 0. The number of rotatable bonds is 8. The SMILES string of the molecule is CCn1nc(OCC(F)(F)F)cc1C(=O)Nc1cc([C@H]2C[C@@H](OC(=O)NC34CC(C3)C4)CO2)[nH]n1. The molecular formula is C21H25F3N6O5. The second-order valence-electron chi connectivity index (χ2n) is 9.22. The average molecular weight is 498 g/mol. The van der Waals surface area contributed by atoms with Crippen LogP contribution in [-0.4, -0.2) is 63.0 Å². The van der Waals surface area contributed by atoms with E-state index in [1.165, 1.54) is 4.68 Å². The molecule has 6 rings (SSSR count). The summed E-state index contributed by atoms with van der Waals surface area (Å²) < 4.78 is 54.2. The van der Waals surface area contributed by atoms with Crippen LogP contribution in [0.3, 0.4) is 0 Å². The fourth-order valence-corrected chi connectivity index (χ4v) is 4.72. The predicted molar refractivity (Wildman–Crippen MR) is 113 cm³/mol. The van der Waals surface area contributed by atoms with Crippen LogP contribution in [0.15, 0.2) is 12.1 Å². The van der Waals surface area contributed by atoms with Gasteiger partial charge in [0.2, 0.25) is 5.88 Å². The number of nitrogens with one attached hydrogen (secondary N) is 3. The van der Waals surface area contributed by atoms with Gasteiger partial charge in [0.1, 0.15) is 17.9 Å². The van der Waals surface area contributed by atoms with Gasteiger partial charge in [-0.15, -0.1) is 5.10 Å². The maximum atomic E-state index is 12.7. The number of aromatic amines is 1. The zero-order chi connectivity index (χ0) is 24.8. The molecule has 4 fully saturated rings. The van der Waals surface area contributed by atoms with Gasteiger partial charge in [-0.25, -0.2) is 4.79 Å². The normalized spacial score (nSPS) is 27.0. The number of H-pyrrole nitrogens is 1. The van der Waals surface area contributed by atoms with Crippen molar-refractivity contribution in [2.75, 3.05) is 18.5 Å². The second kappa shape index (κ2) is 8.73. The van der Waals surface area contributed by atoms with E-state index in [2.05, 4.69) is 30.7 Å². The zero-order valence-electron chi connectivity index (χ0n) is 18.9. The van der Waals surface area contributed by atoms with Crippen molar-refractivity contribution in [3.8, 4) is 5.88 Å². The third-order valence-electron chi connectivity index (χ3n) is 6.50. The second-order valence-corrected chi connectivity index (χ2v) is 9.22. The Hall–Kier alpha value is -3.29. The Bertz CT molecular complexity index is 1100. The maximum Gasteiger partial charge on any atom is 0.422 e.